The lowest BCUT2D eigenvalue weighted by Crippen LogP contribution is -2.50. The van der Waals surface area contributed by atoms with Gasteiger partial charge in [0.1, 0.15) is 5.75 Å². The van der Waals surface area contributed by atoms with E-state index >= 15 is 0 Å². The van der Waals surface area contributed by atoms with E-state index in [1.54, 1.807) is 0 Å². The van der Waals surface area contributed by atoms with Gasteiger partial charge in [-0.05, 0) is 59.7 Å². The Bertz CT molecular complexity index is 571. The lowest BCUT2D eigenvalue weighted by Gasteiger charge is -2.33. The van der Waals surface area contributed by atoms with Crippen molar-refractivity contribution in [1.82, 2.24) is 15.5 Å². The van der Waals surface area contributed by atoms with E-state index in [9.17, 15) is 0 Å². The van der Waals surface area contributed by atoms with Crippen molar-refractivity contribution in [3.8, 4) is 5.75 Å². The van der Waals surface area contributed by atoms with Gasteiger partial charge in [0.2, 0.25) is 0 Å². The number of nitrogens with zero attached hydrogens (tertiary/aromatic N) is 2. The van der Waals surface area contributed by atoms with Crippen molar-refractivity contribution in [1.29, 1.82) is 0 Å². The van der Waals surface area contributed by atoms with Gasteiger partial charge < -0.3 is 20.3 Å². The number of halogens is 1. The van der Waals surface area contributed by atoms with E-state index in [0.717, 1.165) is 42.9 Å². The van der Waals surface area contributed by atoms with Crippen molar-refractivity contribution in [2.75, 3.05) is 33.8 Å². The number of hydrogen-bond acceptors (Lipinski definition) is 3. The van der Waals surface area contributed by atoms with Crippen molar-refractivity contribution in [2.45, 2.75) is 45.7 Å². The van der Waals surface area contributed by atoms with Gasteiger partial charge in [0, 0.05) is 24.2 Å². The summed E-state index contributed by atoms with van der Waals surface area (Å²) >= 11 is 0. The summed E-state index contributed by atoms with van der Waals surface area (Å²) in [4.78, 5) is 6.96. The summed E-state index contributed by atoms with van der Waals surface area (Å²) in [7, 11) is 4.19. The van der Waals surface area contributed by atoms with E-state index in [1.807, 2.05) is 18.2 Å². The minimum absolute atomic E-state index is 0. The minimum atomic E-state index is 0. The van der Waals surface area contributed by atoms with Crippen LogP contribution in [0.15, 0.2) is 29.3 Å². The van der Waals surface area contributed by atoms with Crippen LogP contribution >= 0.6 is 24.0 Å². The first kappa shape index (κ1) is 23.0. The quantitative estimate of drug-likeness (QED) is 0.327. The van der Waals surface area contributed by atoms with Crippen LogP contribution < -0.4 is 15.4 Å². The molecule has 0 aromatic heterocycles. The second-order valence-corrected chi connectivity index (χ2v) is 7.62. The van der Waals surface area contributed by atoms with Gasteiger partial charge in [-0.2, -0.15) is 0 Å². The number of hydrogen-bond donors (Lipinski definition) is 2. The zero-order valence-electron chi connectivity index (χ0n) is 16.8. The summed E-state index contributed by atoms with van der Waals surface area (Å²) in [5.74, 6) is 2.56. The van der Waals surface area contributed by atoms with Crippen molar-refractivity contribution in [3.05, 3.63) is 29.8 Å². The average Bonchev–Trinajstić information content (AvgIpc) is 3.40. The Kier molecular flexibility index (Phi) is 9.71. The van der Waals surface area contributed by atoms with Crippen LogP contribution in [0.1, 0.15) is 39.2 Å². The molecule has 5 nitrogen and oxygen atoms in total. The normalized spacial score (nSPS) is 14.8. The zero-order valence-corrected chi connectivity index (χ0v) is 19.2. The van der Waals surface area contributed by atoms with Crippen LogP contribution in [-0.2, 0) is 6.54 Å². The first-order valence-corrected chi connectivity index (χ1v) is 9.32. The van der Waals surface area contributed by atoms with Gasteiger partial charge in [-0.3, -0.25) is 0 Å². The third-order valence-corrected chi connectivity index (χ3v) is 4.79. The molecular formula is C20H35IN4O. The molecule has 0 radical (unpaired) electrons. The molecule has 0 heterocycles. The topological polar surface area (TPSA) is 48.9 Å². The standard InChI is InChI=1S/C20H34N4O.HI/c1-6-21-19(23-15-20(2,3)24(4)5)22-13-17-9-7-8-10-18(17)25-14-16-11-12-16;/h7-10,16H,6,11-15H2,1-5H3,(H2,21,22,23);1H. The number of ether oxygens (including phenoxy) is 1. The smallest absolute Gasteiger partial charge is 0.191 e. The molecule has 2 N–H and O–H groups in total. The molecule has 0 spiro atoms. The second kappa shape index (κ2) is 11.0. The van der Waals surface area contributed by atoms with Crippen LogP contribution in [0.3, 0.4) is 0 Å². The molecule has 0 bridgehead atoms. The third kappa shape index (κ3) is 7.70. The average molecular weight is 474 g/mol. The Balaban J connectivity index is 0.00000338. The van der Waals surface area contributed by atoms with E-state index in [1.165, 1.54) is 12.8 Å². The summed E-state index contributed by atoms with van der Waals surface area (Å²) in [6, 6.07) is 8.21. The molecule has 1 aliphatic carbocycles. The van der Waals surface area contributed by atoms with Crippen LogP contribution in [0.2, 0.25) is 0 Å². The Hall–Kier alpha value is -1.02. The lowest BCUT2D eigenvalue weighted by atomic mass is 10.0. The summed E-state index contributed by atoms with van der Waals surface area (Å²) in [5.41, 5.74) is 1.19. The van der Waals surface area contributed by atoms with Crippen molar-refractivity contribution >= 4 is 29.9 Å². The fourth-order valence-corrected chi connectivity index (χ4v) is 2.23. The number of benzene rings is 1. The Morgan fingerprint density at radius 3 is 2.54 bits per heavy atom. The van der Waals surface area contributed by atoms with Gasteiger partial charge in [-0.1, -0.05) is 18.2 Å². The van der Waals surface area contributed by atoms with Crippen LogP contribution in [0.5, 0.6) is 5.75 Å². The van der Waals surface area contributed by atoms with Crippen LogP contribution in [0.25, 0.3) is 0 Å². The fraction of sp³-hybridized carbons (Fsp3) is 0.650. The van der Waals surface area contributed by atoms with Gasteiger partial charge in [-0.15, -0.1) is 24.0 Å². The Morgan fingerprint density at radius 2 is 1.92 bits per heavy atom. The maximum Gasteiger partial charge on any atom is 0.191 e. The molecule has 1 aromatic rings. The van der Waals surface area contributed by atoms with E-state index in [2.05, 4.69) is 56.5 Å². The van der Waals surface area contributed by atoms with Gasteiger partial charge >= 0.3 is 0 Å². The van der Waals surface area contributed by atoms with Gasteiger partial charge in [-0.25, -0.2) is 4.99 Å². The van der Waals surface area contributed by atoms with E-state index in [0.29, 0.717) is 6.54 Å². The molecule has 2 rings (SSSR count). The molecule has 0 unspecified atom stereocenters. The summed E-state index contributed by atoms with van der Waals surface area (Å²) < 4.78 is 5.98. The molecule has 26 heavy (non-hydrogen) atoms. The predicted molar refractivity (Wildman–Crippen MR) is 121 cm³/mol. The molecule has 1 aromatic carbocycles. The maximum absolute atomic E-state index is 5.98. The number of nitrogens with one attached hydrogen (secondary N) is 2. The second-order valence-electron chi connectivity index (χ2n) is 7.62. The summed E-state index contributed by atoms with van der Waals surface area (Å²) in [5, 5.41) is 6.77. The summed E-state index contributed by atoms with van der Waals surface area (Å²) in [6.45, 7) is 9.62. The molecule has 0 saturated heterocycles. The largest absolute Gasteiger partial charge is 0.493 e. The first-order chi connectivity index (χ1) is 11.9. The van der Waals surface area contributed by atoms with E-state index in [4.69, 9.17) is 9.73 Å². The van der Waals surface area contributed by atoms with Gasteiger partial charge in [0.05, 0.1) is 13.2 Å². The molecule has 6 heteroatoms. The zero-order chi connectivity index (χ0) is 18.3. The SMILES string of the molecule is CCNC(=NCc1ccccc1OCC1CC1)NCC(C)(C)N(C)C.I. The number of rotatable bonds is 9. The monoisotopic (exact) mass is 474 g/mol. The van der Waals surface area contributed by atoms with Gasteiger partial charge in [0.15, 0.2) is 5.96 Å². The van der Waals surface area contributed by atoms with Crippen LogP contribution in [0.4, 0.5) is 0 Å². The van der Waals surface area contributed by atoms with Crippen LogP contribution in [-0.4, -0.2) is 50.2 Å². The molecular weight excluding hydrogens is 439 g/mol. The lowest BCUT2D eigenvalue weighted by molar-refractivity contribution is 0.197. The molecule has 1 saturated carbocycles. The fourth-order valence-electron chi connectivity index (χ4n) is 2.23. The molecule has 0 aliphatic heterocycles. The highest BCUT2D eigenvalue weighted by Crippen LogP contribution is 2.30. The van der Waals surface area contributed by atoms with E-state index < -0.39 is 0 Å². The first-order valence-electron chi connectivity index (χ1n) is 9.32. The molecule has 1 aliphatic rings. The highest BCUT2D eigenvalue weighted by molar-refractivity contribution is 14.0. The van der Waals surface area contributed by atoms with E-state index in [-0.39, 0.29) is 29.5 Å². The number of para-hydroxylation sites is 1. The number of aliphatic imine (C=N–C) groups is 1. The number of guanidine groups is 1. The third-order valence-electron chi connectivity index (χ3n) is 4.79. The summed E-state index contributed by atoms with van der Waals surface area (Å²) in [6.07, 6.45) is 2.60. The van der Waals surface area contributed by atoms with Crippen LogP contribution in [0, 0.1) is 5.92 Å². The highest BCUT2D eigenvalue weighted by atomic mass is 127. The van der Waals surface area contributed by atoms with Crippen molar-refractivity contribution < 1.29 is 4.74 Å². The minimum Gasteiger partial charge on any atom is -0.493 e. The molecule has 0 amide bonds. The van der Waals surface area contributed by atoms with Crippen molar-refractivity contribution in [2.24, 2.45) is 10.9 Å². The highest BCUT2D eigenvalue weighted by Gasteiger charge is 2.22. The Labute approximate surface area is 176 Å². The molecule has 148 valence electrons. The van der Waals surface area contributed by atoms with Crippen molar-refractivity contribution in [3.63, 3.8) is 0 Å². The predicted octanol–water partition coefficient (Wildman–Crippen LogP) is 3.49. The maximum atomic E-state index is 5.98. The molecule has 1 fully saturated rings. The Morgan fingerprint density at radius 1 is 1.23 bits per heavy atom. The molecule has 0 atom stereocenters. The number of likely N-dealkylation sites (N-methyl/N-ethyl adjacent to an activating group) is 1. The van der Waals surface area contributed by atoms with Gasteiger partial charge in [0.25, 0.3) is 0 Å².